The minimum absolute atomic E-state index is 0.0676. The Balaban J connectivity index is 1.93. The predicted molar refractivity (Wildman–Crippen MR) is 135 cm³/mol. The van der Waals surface area contributed by atoms with Crippen molar-refractivity contribution in [1.29, 1.82) is 0 Å². The van der Waals surface area contributed by atoms with Gasteiger partial charge in [-0.25, -0.2) is 14.4 Å². The highest BCUT2D eigenvalue weighted by atomic mass is 35.5. The number of carbonyl (C=O) groups excluding carboxylic acids is 3. The van der Waals surface area contributed by atoms with Crippen LogP contribution in [0.15, 0.2) is 48.2 Å². The topological polar surface area (TPSA) is 94.2 Å². The summed E-state index contributed by atoms with van der Waals surface area (Å²) in [7, 11) is 0. The highest BCUT2D eigenvalue weighted by Gasteiger charge is 2.39. The zero-order valence-corrected chi connectivity index (χ0v) is 21.1. The SMILES string of the molecule is C=CCN1C(=O)NC(c2ccccc2Cl)C(C(=O)OCC)=C1CN1CCN(C(=O)NCCC)CC1. The molecule has 0 aromatic heterocycles. The standard InChI is InChI=1S/C25H34ClN5O4/c1-4-11-27-24(33)30-15-13-29(14-16-30)17-20-21(23(32)35-6-3)22(18-9-7-8-10-19(18)26)28-25(34)31(20)12-5-2/h5,7-10,22H,2,4,6,11-17H2,1,3H3,(H,27,33)(H,28,34). The number of nitrogens with zero attached hydrogens (tertiary/aromatic N) is 3. The van der Waals surface area contributed by atoms with Gasteiger partial charge in [0.1, 0.15) is 0 Å². The number of nitrogens with one attached hydrogen (secondary N) is 2. The number of carbonyl (C=O) groups is 3. The van der Waals surface area contributed by atoms with Gasteiger partial charge < -0.3 is 20.3 Å². The molecule has 1 saturated heterocycles. The van der Waals surface area contributed by atoms with Gasteiger partial charge >= 0.3 is 18.0 Å². The van der Waals surface area contributed by atoms with Crippen LogP contribution in [0.3, 0.4) is 0 Å². The molecule has 1 aromatic carbocycles. The molecule has 1 aromatic rings. The van der Waals surface area contributed by atoms with E-state index >= 15 is 0 Å². The van der Waals surface area contributed by atoms with E-state index in [-0.39, 0.29) is 25.2 Å². The van der Waals surface area contributed by atoms with Crippen LogP contribution in [0.25, 0.3) is 0 Å². The quantitative estimate of drug-likeness (QED) is 0.399. The molecule has 2 aliphatic heterocycles. The van der Waals surface area contributed by atoms with Gasteiger partial charge in [-0.2, -0.15) is 0 Å². The van der Waals surface area contributed by atoms with Crippen molar-refractivity contribution >= 4 is 29.6 Å². The zero-order chi connectivity index (χ0) is 25.4. The molecule has 1 fully saturated rings. The number of hydrogen-bond acceptors (Lipinski definition) is 5. The van der Waals surface area contributed by atoms with Crippen molar-refractivity contribution in [2.45, 2.75) is 26.3 Å². The summed E-state index contributed by atoms with van der Waals surface area (Å²) in [6.45, 7) is 11.3. The summed E-state index contributed by atoms with van der Waals surface area (Å²) in [4.78, 5) is 44.2. The molecule has 10 heteroatoms. The number of esters is 1. The largest absolute Gasteiger partial charge is 0.463 e. The summed E-state index contributed by atoms with van der Waals surface area (Å²) in [5, 5.41) is 6.28. The molecule has 2 heterocycles. The highest BCUT2D eigenvalue weighted by molar-refractivity contribution is 6.31. The molecular weight excluding hydrogens is 470 g/mol. The minimum Gasteiger partial charge on any atom is -0.463 e. The van der Waals surface area contributed by atoms with Crippen LogP contribution in [0.4, 0.5) is 9.59 Å². The molecule has 1 unspecified atom stereocenters. The molecule has 0 aliphatic carbocycles. The Morgan fingerprint density at radius 2 is 1.94 bits per heavy atom. The van der Waals surface area contributed by atoms with Gasteiger partial charge in [0.15, 0.2) is 0 Å². The van der Waals surface area contributed by atoms with E-state index in [1.807, 2.05) is 13.0 Å². The second kappa shape index (κ2) is 12.6. The summed E-state index contributed by atoms with van der Waals surface area (Å²) >= 11 is 6.46. The third kappa shape index (κ3) is 6.35. The minimum atomic E-state index is -0.743. The number of benzene rings is 1. The number of rotatable bonds is 9. The summed E-state index contributed by atoms with van der Waals surface area (Å²) < 4.78 is 5.42. The first-order chi connectivity index (χ1) is 16.9. The Morgan fingerprint density at radius 3 is 2.57 bits per heavy atom. The average molecular weight is 504 g/mol. The smallest absolute Gasteiger partial charge is 0.338 e. The molecule has 0 bridgehead atoms. The lowest BCUT2D eigenvalue weighted by Gasteiger charge is -2.40. The van der Waals surface area contributed by atoms with E-state index in [1.54, 1.807) is 36.1 Å². The van der Waals surface area contributed by atoms with Crippen LogP contribution in [-0.4, -0.2) is 85.2 Å². The molecule has 9 nitrogen and oxygen atoms in total. The number of piperazine rings is 1. The number of halogens is 1. The lowest BCUT2D eigenvalue weighted by molar-refractivity contribution is -0.139. The monoisotopic (exact) mass is 503 g/mol. The fraction of sp³-hybridized carbons (Fsp3) is 0.480. The Morgan fingerprint density at radius 1 is 1.23 bits per heavy atom. The van der Waals surface area contributed by atoms with Gasteiger partial charge in [-0.05, 0) is 25.0 Å². The van der Waals surface area contributed by atoms with Crippen molar-refractivity contribution in [3.8, 4) is 0 Å². The average Bonchev–Trinajstić information content (AvgIpc) is 2.85. The van der Waals surface area contributed by atoms with Crippen LogP contribution >= 0.6 is 11.6 Å². The molecule has 2 aliphatic rings. The molecule has 2 N–H and O–H groups in total. The summed E-state index contributed by atoms with van der Waals surface area (Å²) in [5.41, 5.74) is 1.53. The maximum Gasteiger partial charge on any atom is 0.338 e. The fourth-order valence-electron chi connectivity index (χ4n) is 4.25. The maximum absolute atomic E-state index is 13.2. The van der Waals surface area contributed by atoms with Gasteiger partial charge in [-0.1, -0.05) is 42.8 Å². The molecule has 0 radical (unpaired) electrons. The van der Waals surface area contributed by atoms with Crippen LogP contribution in [-0.2, 0) is 9.53 Å². The van der Waals surface area contributed by atoms with Gasteiger partial charge in [0, 0.05) is 56.5 Å². The van der Waals surface area contributed by atoms with E-state index in [9.17, 15) is 14.4 Å². The zero-order valence-electron chi connectivity index (χ0n) is 20.4. The van der Waals surface area contributed by atoms with Crippen molar-refractivity contribution in [3.63, 3.8) is 0 Å². The molecule has 3 rings (SSSR count). The van der Waals surface area contributed by atoms with Crippen molar-refractivity contribution in [1.82, 2.24) is 25.3 Å². The van der Waals surface area contributed by atoms with Crippen molar-refractivity contribution in [2.24, 2.45) is 0 Å². The first-order valence-electron chi connectivity index (χ1n) is 12.0. The summed E-state index contributed by atoms with van der Waals surface area (Å²) in [6.07, 6.45) is 2.50. The Kier molecular flexibility index (Phi) is 9.56. The number of amides is 4. The van der Waals surface area contributed by atoms with Crippen molar-refractivity contribution < 1.29 is 19.1 Å². The van der Waals surface area contributed by atoms with Crippen molar-refractivity contribution in [2.75, 3.05) is 52.4 Å². The Bertz CT molecular complexity index is 974. The third-order valence-electron chi connectivity index (χ3n) is 6.02. The first kappa shape index (κ1) is 26.6. The second-order valence-electron chi connectivity index (χ2n) is 8.38. The Hall–Kier alpha value is -3.04. The van der Waals surface area contributed by atoms with Crippen LogP contribution in [0.5, 0.6) is 0 Å². The molecule has 0 saturated carbocycles. The third-order valence-corrected chi connectivity index (χ3v) is 6.36. The maximum atomic E-state index is 13.2. The fourth-order valence-corrected chi connectivity index (χ4v) is 4.50. The van der Waals surface area contributed by atoms with E-state index < -0.39 is 12.0 Å². The second-order valence-corrected chi connectivity index (χ2v) is 8.79. The van der Waals surface area contributed by atoms with Gasteiger partial charge in [-0.3, -0.25) is 9.80 Å². The first-order valence-corrected chi connectivity index (χ1v) is 12.4. The normalized spacial score (nSPS) is 18.8. The molecule has 0 spiro atoms. The van der Waals surface area contributed by atoms with E-state index in [0.717, 1.165) is 6.42 Å². The summed E-state index contributed by atoms with van der Waals surface area (Å²) in [6, 6.07) is 5.98. The number of urea groups is 2. The van der Waals surface area contributed by atoms with Gasteiger partial charge in [0.25, 0.3) is 0 Å². The van der Waals surface area contributed by atoms with E-state index in [1.165, 1.54) is 4.90 Å². The molecule has 190 valence electrons. The Labute approximate surface area is 211 Å². The van der Waals surface area contributed by atoms with Gasteiger partial charge in [-0.15, -0.1) is 6.58 Å². The lowest BCUT2D eigenvalue weighted by Crippen LogP contribution is -2.55. The van der Waals surface area contributed by atoms with E-state index in [0.29, 0.717) is 61.1 Å². The lowest BCUT2D eigenvalue weighted by atomic mass is 9.94. The van der Waals surface area contributed by atoms with Gasteiger partial charge in [0.05, 0.1) is 18.2 Å². The highest BCUT2D eigenvalue weighted by Crippen LogP contribution is 2.35. The van der Waals surface area contributed by atoms with Crippen LogP contribution in [0.1, 0.15) is 31.9 Å². The van der Waals surface area contributed by atoms with E-state index in [2.05, 4.69) is 22.1 Å². The number of hydrogen-bond donors (Lipinski definition) is 2. The predicted octanol–water partition coefficient (Wildman–Crippen LogP) is 3.15. The van der Waals surface area contributed by atoms with Crippen LogP contribution in [0.2, 0.25) is 5.02 Å². The van der Waals surface area contributed by atoms with Crippen molar-refractivity contribution in [3.05, 3.63) is 58.8 Å². The van der Waals surface area contributed by atoms with Crippen LogP contribution in [0, 0.1) is 0 Å². The van der Waals surface area contributed by atoms with Gasteiger partial charge in [0.2, 0.25) is 0 Å². The molecule has 4 amide bonds. The number of ether oxygens (including phenoxy) is 1. The summed E-state index contributed by atoms with van der Waals surface area (Å²) in [5.74, 6) is -0.501. The molecular formula is C25H34ClN5O4. The molecule has 1 atom stereocenters. The molecule has 35 heavy (non-hydrogen) atoms. The van der Waals surface area contributed by atoms with Crippen LogP contribution < -0.4 is 10.6 Å². The van der Waals surface area contributed by atoms with E-state index in [4.69, 9.17) is 16.3 Å².